The third-order valence-corrected chi connectivity index (χ3v) is 3.63. The summed E-state index contributed by atoms with van der Waals surface area (Å²) in [6.45, 7) is 0.876. The van der Waals surface area contributed by atoms with Crippen molar-refractivity contribution in [3.63, 3.8) is 0 Å². The van der Waals surface area contributed by atoms with Crippen molar-refractivity contribution in [1.29, 1.82) is 0 Å². The standard InChI is InChI=1S/C14H13N5/c1-2-4-11-8-16-12(7-10(11)3-1)14-18-17-13-9-15-5-6-19(13)14/h1-6,9,12,16H,7-8H2. The predicted molar refractivity (Wildman–Crippen MR) is 70.5 cm³/mol. The van der Waals surface area contributed by atoms with E-state index < -0.39 is 0 Å². The average molecular weight is 251 g/mol. The van der Waals surface area contributed by atoms with Crippen LogP contribution in [0, 0.1) is 0 Å². The largest absolute Gasteiger partial charge is 0.303 e. The number of hydrogen-bond acceptors (Lipinski definition) is 4. The molecule has 0 spiro atoms. The van der Waals surface area contributed by atoms with Gasteiger partial charge in [0.1, 0.15) is 0 Å². The van der Waals surface area contributed by atoms with Crippen LogP contribution in [0.2, 0.25) is 0 Å². The first-order valence-corrected chi connectivity index (χ1v) is 6.36. The highest BCUT2D eigenvalue weighted by atomic mass is 15.3. The topological polar surface area (TPSA) is 55.1 Å². The first kappa shape index (κ1) is 10.6. The maximum absolute atomic E-state index is 4.30. The molecule has 5 nitrogen and oxygen atoms in total. The van der Waals surface area contributed by atoms with E-state index in [1.54, 1.807) is 12.4 Å². The smallest absolute Gasteiger partial charge is 0.179 e. The second-order valence-electron chi connectivity index (χ2n) is 4.77. The summed E-state index contributed by atoms with van der Waals surface area (Å²) < 4.78 is 2.00. The maximum atomic E-state index is 4.30. The highest BCUT2D eigenvalue weighted by Crippen LogP contribution is 2.24. The number of nitrogens with zero attached hydrogens (tertiary/aromatic N) is 4. The molecule has 2 aromatic heterocycles. The minimum Gasteiger partial charge on any atom is -0.303 e. The van der Waals surface area contributed by atoms with Crippen LogP contribution >= 0.6 is 0 Å². The van der Waals surface area contributed by atoms with E-state index in [-0.39, 0.29) is 6.04 Å². The van der Waals surface area contributed by atoms with Crippen LogP contribution < -0.4 is 5.32 Å². The molecule has 0 saturated carbocycles. The van der Waals surface area contributed by atoms with Crippen LogP contribution in [0.15, 0.2) is 42.9 Å². The lowest BCUT2D eigenvalue weighted by atomic mass is 9.95. The summed E-state index contributed by atoms with van der Waals surface area (Å²) in [5.41, 5.74) is 3.55. The van der Waals surface area contributed by atoms with Crippen molar-refractivity contribution in [2.75, 3.05) is 0 Å². The summed E-state index contributed by atoms with van der Waals surface area (Å²) in [6.07, 6.45) is 6.34. The van der Waals surface area contributed by atoms with Crippen LogP contribution in [-0.2, 0) is 13.0 Å². The fourth-order valence-corrected chi connectivity index (χ4v) is 2.65. The number of benzene rings is 1. The molecule has 1 aliphatic heterocycles. The van der Waals surface area contributed by atoms with Crippen molar-refractivity contribution in [2.45, 2.75) is 19.0 Å². The zero-order chi connectivity index (χ0) is 12.7. The van der Waals surface area contributed by atoms with Gasteiger partial charge in [0.2, 0.25) is 0 Å². The van der Waals surface area contributed by atoms with Gasteiger partial charge in [-0.3, -0.25) is 9.38 Å². The molecule has 3 aromatic rings. The van der Waals surface area contributed by atoms with Gasteiger partial charge in [-0.2, -0.15) is 0 Å². The minimum absolute atomic E-state index is 0.201. The van der Waals surface area contributed by atoms with Crippen LogP contribution in [0.4, 0.5) is 0 Å². The van der Waals surface area contributed by atoms with Gasteiger partial charge >= 0.3 is 0 Å². The first-order valence-electron chi connectivity index (χ1n) is 6.36. The lowest BCUT2D eigenvalue weighted by Gasteiger charge is -2.24. The van der Waals surface area contributed by atoms with Crippen LogP contribution in [0.5, 0.6) is 0 Å². The molecule has 0 radical (unpaired) electrons. The second-order valence-corrected chi connectivity index (χ2v) is 4.77. The van der Waals surface area contributed by atoms with E-state index in [2.05, 4.69) is 44.8 Å². The summed E-state index contributed by atoms with van der Waals surface area (Å²) in [6, 6.07) is 8.73. The summed E-state index contributed by atoms with van der Waals surface area (Å²) in [5.74, 6) is 0.951. The van der Waals surface area contributed by atoms with E-state index in [0.717, 1.165) is 24.4 Å². The van der Waals surface area contributed by atoms with Gasteiger partial charge < -0.3 is 5.32 Å². The molecule has 94 valence electrons. The Morgan fingerprint density at radius 1 is 1.16 bits per heavy atom. The van der Waals surface area contributed by atoms with E-state index in [1.807, 2.05) is 10.6 Å². The molecule has 0 saturated heterocycles. The molecule has 1 aromatic carbocycles. The lowest BCUT2D eigenvalue weighted by Crippen LogP contribution is -2.29. The van der Waals surface area contributed by atoms with Crippen molar-refractivity contribution in [1.82, 2.24) is 24.9 Å². The van der Waals surface area contributed by atoms with Gasteiger partial charge in [0.05, 0.1) is 12.2 Å². The molecule has 1 atom stereocenters. The van der Waals surface area contributed by atoms with E-state index in [4.69, 9.17) is 0 Å². The van der Waals surface area contributed by atoms with Crippen molar-refractivity contribution in [3.8, 4) is 0 Å². The molecular formula is C14H13N5. The highest BCUT2D eigenvalue weighted by Gasteiger charge is 2.23. The Hall–Kier alpha value is -2.27. The van der Waals surface area contributed by atoms with E-state index in [1.165, 1.54) is 11.1 Å². The molecular weight excluding hydrogens is 238 g/mol. The predicted octanol–water partition coefficient (Wildman–Crippen LogP) is 1.51. The van der Waals surface area contributed by atoms with E-state index in [9.17, 15) is 0 Å². The lowest BCUT2D eigenvalue weighted by molar-refractivity contribution is 0.473. The number of fused-ring (bicyclic) bond motifs is 2. The van der Waals surface area contributed by atoms with Crippen molar-refractivity contribution in [2.24, 2.45) is 0 Å². The SMILES string of the molecule is c1ccc2c(c1)CNC(c1nnc3cnccn13)C2. The third kappa shape index (κ3) is 1.70. The van der Waals surface area contributed by atoms with E-state index >= 15 is 0 Å². The van der Waals surface area contributed by atoms with Crippen molar-refractivity contribution in [3.05, 3.63) is 59.8 Å². The van der Waals surface area contributed by atoms with Crippen LogP contribution in [0.1, 0.15) is 23.0 Å². The molecule has 1 N–H and O–H groups in total. The quantitative estimate of drug-likeness (QED) is 0.712. The minimum atomic E-state index is 0.201. The molecule has 4 rings (SSSR count). The van der Waals surface area contributed by atoms with Gasteiger partial charge in [0, 0.05) is 18.9 Å². The fraction of sp³-hybridized carbons (Fsp3) is 0.214. The van der Waals surface area contributed by atoms with Gasteiger partial charge in [-0.15, -0.1) is 10.2 Å². The Morgan fingerprint density at radius 2 is 2.05 bits per heavy atom. The number of hydrogen-bond donors (Lipinski definition) is 1. The molecule has 5 heteroatoms. The Kier molecular flexibility index (Phi) is 2.31. The zero-order valence-corrected chi connectivity index (χ0v) is 10.3. The van der Waals surface area contributed by atoms with Crippen LogP contribution in [0.3, 0.4) is 0 Å². The van der Waals surface area contributed by atoms with Crippen LogP contribution in [0.25, 0.3) is 5.65 Å². The first-order chi connectivity index (χ1) is 9.42. The molecule has 19 heavy (non-hydrogen) atoms. The van der Waals surface area contributed by atoms with Gasteiger partial charge in [-0.05, 0) is 17.5 Å². The highest BCUT2D eigenvalue weighted by molar-refractivity contribution is 5.36. The van der Waals surface area contributed by atoms with E-state index in [0.29, 0.717) is 0 Å². The normalized spacial score (nSPS) is 18.4. The van der Waals surface area contributed by atoms with Crippen molar-refractivity contribution < 1.29 is 0 Å². The third-order valence-electron chi connectivity index (χ3n) is 3.63. The monoisotopic (exact) mass is 251 g/mol. The van der Waals surface area contributed by atoms with Gasteiger partial charge in [-0.25, -0.2) is 0 Å². The number of rotatable bonds is 1. The summed E-state index contributed by atoms with van der Waals surface area (Å²) in [7, 11) is 0. The average Bonchev–Trinajstić information content (AvgIpc) is 2.91. The molecule has 0 bridgehead atoms. The van der Waals surface area contributed by atoms with Gasteiger partial charge in [-0.1, -0.05) is 24.3 Å². The van der Waals surface area contributed by atoms with Gasteiger partial charge in [0.15, 0.2) is 11.5 Å². The molecule has 1 aliphatic rings. The molecule has 0 amide bonds. The zero-order valence-electron chi connectivity index (χ0n) is 10.3. The van der Waals surface area contributed by atoms with Crippen molar-refractivity contribution >= 4 is 5.65 Å². The Morgan fingerprint density at radius 3 is 3.00 bits per heavy atom. The molecule has 1 unspecified atom stereocenters. The van der Waals surface area contributed by atoms with Gasteiger partial charge in [0.25, 0.3) is 0 Å². The Balaban J connectivity index is 1.75. The number of aromatic nitrogens is 4. The van der Waals surface area contributed by atoms with Crippen LogP contribution in [-0.4, -0.2) is 19.6 Å². The summed E-state index contributed by atoms with van der Waals surface area (Å²) in [4.78, 5) is 4.06. The molecule has 0 aliphatic carbocycles. The fourth-order valence-electron chi connectivity index (χ4n) is 2.65. The Bertz CT molecular complexity index is 733. The molecule has 3 heterocycles. The second kappa shape index (κ2) is 4.13. The molecule has 0 fully saturated rings. The maximum Gasteiger partial charge on any atom is 0.179 e. The summed E-state index contributed by atoms with van der Waals surface area (Å²) >= 11 is 0. The summed E-state index contributed by atoms with van der Waals surface area (Å²) in [5, 5.41) is 12.0. The number of nitrogens with one attached hydrogen (secondary N) is 1. The Labute approximate surface area is 110 Å².